The summed E-state index contributed by atoms with van der Waals surface area (Å²) >= 11 is 1.55. The number of aryl methyl sites for hydroxylation is 3. The average molecular weight is 1210 g/mol. The number of nitrogens with zero attached hydrogens (tertiary/aromatic N) is 3. The number of amides is 8. The molecule has 4 aromatic carbocycles. The van der Waals surface area contributed by atoms with E-state index in [1.54, 1.807) is 35.0 Å². The number of para-hydroxylation sites is 1. The van der Waals surface area contributed by atoms with E-state index in [2.05, 4.69) is 36.6 Å². The smallest absolute Gasteiger partial charge is 0.391 e. The van der Waals surface area contributed by atoms with Gasteiger partial charge in [0.25, 0.3) is 11.4 Å². The number of hydrogen-bond acceptors (Lipinski definition) is 13. The minimum atomic E-state index is -5.07. The molecule has 11 N–H and O–H groups in total. The zero-order valence-corrected chi connectivity index (χ0v) is 49.6. The molecule has 3 aliphatic heterocycles. The normalized spacial score (nSPS) is 18.2. The predicted octanol–water partition coefficient (Wildman–Crippen LogP) is 4.12. The van der Waals surface area contributed by atoms with Gasteiger partial charge in [0.05, 0.1) is 27.9 Å². The molecule has 8 amide bonds. The van der Waals surface area contributed by atoms with Crippen LogP contribution in [-0.2, 0) is 70.5 Å². The second kappa shape index (κ2) is 26.1. The molecule has 9 rings (SSSR count). The number of anilines is 1. The van der Waals surface area contributed by atoms with Crippen molar-refractivity contribution in [3.63, 3.8) is 0 Å². The number of nitrogens with two attached hydrogens (primary N) is 1. The van der Waals surface area contributed by atoms with Crippen LogP contribution in [0, 0.1) is 12.3 Å². The van der Waals surface area contributed by atoms with E-state index in [0.717, 1.165) is 32.8 Å². The van der Waals surface area contributed by atoms with Gasteiger partial charge in [-0.2, -0.15) is 0 Å². The van der Waals surface area contributed by atoms with Gasteiger partial charge in [-0.1, -0.05) is 87.5 Å². The number of rotatable bonds is 22. The van der Waals surface area contributed by atoms with Crippen LogP contribution in [0.4, 0.5) is 5.69 Å². The van der Waals surface area contributed by atoms with Crippen molar-refractivity contribution in [3.05, 3.63) is 141 Å². The zero-order chi connectivity index (χ0) is 61.8. The van der Waals surface area contributed by atoms with Gasteiger partial charge in [0.2, 0.25) is 41.4 Å². The number of fused-ring (bicyclic) bond motifs is 1. The first-order valence-electron chi connectivity index (χ1n) is 28.3. The van der Waals surface area contributed by atoms with Gasteiger partial charge < -0.3 is 57.1 Å². The molecular formula is C61H69N10O13PS. The Morgan fingerprint density at radius 1 is 0.849 bits per heavy atom. The van der Waals surface area contributed by atoms with Gasteiger partial charge in [0.1, 0.15) is 35.9 Å². The van der Waals surface area contributed by atoms with Crippen molar-refractivity contribution in [2.24, 2.45) is 11.1 Å². The second-order valence-corrected chi connectivity index (χ2v) is 25.5. The third-order valence-corrected chi connectivity index (χ3v) is 17.5. The number of primary amides is 1. The Balaban J connectivity index is 0.766. The lowest BCUT2D eigenvalue weighted by molar-refractivity contribution is -0.144. The zero-order valence-electron chi connectivity index (χ0n) is 47.9. The van der Waals surface area contributed by atoms with E-state index in [9.17, 15) is 62.6 Å². The number of aromatic nitrogens is 2. The van der Waals surface area contributed by atoms with Gasteiger partial charge in [-0.25, -0.2) is 4.98 Å². The highest BCUT2D eigenvalue weighted by molar-refractivity contribution is 7.70. The Hall–Kier alpha value is -8.41. The minimum Gasteiger partial charge on any atom is -0.391 e. The van der Waals surface area contributed by atoms with Gasteiger partial charge in [0.15, 0.2) is 0 Å². The second-order valence-electron chi connectivity index (χ2n) is 23.2. The van der Waals surface area contributed by atoms with Crippen molar-refractivity contribution < 1.29 is 62.6 Å². The van der Waals surface area contributed by atoms with Crippen molar-refractivity contribution in [1.29, 1.82) is 0 Å². The molecule has 452 valence electrons. The number of hydrogen-bond donors (Lipinski definition) is 10. The summed E-state index contributed by atoms with van der Waals surface area (Å²) in [6, 6.07) is 20.4. The Bertz CT molecular complexity index is 3670. The maximum absolute atomic E-state index is 14.5. The Kier molecular flexibility index (Phi) is 18.8. The van der Waals surface area contributed by atoms with E-state index in [0.29, 0.717) is 47.0 Å². The van der Waals surface area contributed by atoms with Gasteiger partial charge in [0, 0.05) is 61.8 Å². The molecule has 0 unspecified atom stereocenters. The van der Waals surface area contributed by atoms with E-state index < -0.39 is 96.2 Å². The number of aliphatic hydroxyl groups excluding tert-OH is 1. The molecule has 86 heavy (non-hydrogen) atoms. The highest BCUT2D eigenvalue weighted by Crippen LogP contribution is 2.41. The average Bonchev–Trinajstić information content (AvgIpc) is 1.84. The maximum atomic E-state index is 14.5. The highest BCUT2D eigenvalue weighted by Gasteiger charge is 2.46. The van der Waals surface area contributed by atoms with Crippen molar-refractivity contribution >= 4 is 88.3 Å². The lowest BCUT2D eigenvalue weighted by Crippen LogP contribution is -2.57. The summed E-state index contributed by atoms with van der Waals surface area (Å²) in [4.78, 5) is 152. The van der Waals surface area contributed by atoms with E-state index in [-0.39, 0.29) is 75.3 Å². The van der Waals surface area contributed by atoms with Gasteiger partial charge in [-0.05, 0) is 102 Å². The molecular weight excluding hydrogens is 1140 g/mol. The van der Waals surface area contributed by atoms with Crippen LogP contribution in [0.5, 0.6) is 0 Å². The van der Waals surface area contributed by atoms with Crippen LogP contribution in [0.3, 0.4) is 0 Å². The Morgan fingerprint density at radius 2 is 1.53 bits per heavy atom. The van der Waals surface area contributed by atoms with E-state index in [1.165, 1.54) is 34.1 Å². The lowest BCUT2D eigenvalue weighted by Gasteiger charge is -2.35. The molecule has 6 atom stereocenters. The summed E-state index contributed by atoms with van der Waals surface area (Å²) < 4.78 is 11.6. The third kappa shape index (κ3) is 14.5. The fourth-order valence-electron chi connectivity index (χ4n) is 11.2. The molecule has 0 bridgehead atoms. The van der Waals surface area contributed by atoms with Crippen LogP contribution in [0.15, 0.2) is 96.5 Å². The number of β-amino-alcohol motifs (C(OH)–C–C–N with tert-alkyl or cyclic N) is 1. The van der Waals surface area contributed by atoms with Crippen LogP contribution >= 0.6 is 18.9 Å². The van der Waals surface area contributed by atoms with Crippen LogP contribution in [-0.4, -0.2) is 125 Å². The largest absolute Gasteiger partial charge is 0.396 e. The van der Waals surface area contributed by atoms with Crippen LogP contribution in [0.1, 0.15) is 114 Å². The number of aromatic amines is 1. The van der Waals surface area contributed by atoms with Crippen LogP contribution in [0.2, 0.25) is 0 Å². The van der Waals surface area contributed by atoms with Gasteiger partial charge in [-0.15, -0.1) is 11.3 Å². The number of thiazole rings is 1. The number of carbonyl (C=O) groups excluding carboxylic acids is 9. The summed E-state index contributed by atoms with van der Waals surface area (Å²) in [5, 5.41) is 25.2. The molecule has 2 aromatic heterocycles. The fourth-order valence-corrected chi connectivity index (χ4v) is 12.5. The molecule has 0 spiro atoms. The highest BCUT2D eigenvalue weighted by atomic mass is 32.1. The molecule has 0 aliphatic carbocycles. The molecule has 25 heteroatoms. The monoisotopic (exact) mass is 1210 g/mol. The summed E-state index contributed by atoms with van der Waals surface area (Å²) in [5.41, 5.74) is 11.7. The first-order valence-corrected chi connectivity index (χ1v) is 30.8. The molecule has 6 aromatic rings. The first kappa shape index (κ1) is 62.1. The minimum absolute atomic E-state index is 0.00325. The van der Waals surface area contributed by atoms with Crippen molar-refractivity contribution in [2.75, 3.05) is 11.4 Å². The van der Waals surface area contributed by atoms with E-state index >= 15 is 0 Å². The van der Waals surface area contributed by atoms with Gasteiger partial charge >= 0.3 is 7.60 Å². The van der Waals surface area contributed by atoms with Crippen molar-refractivity contribution in [3.8, 4) is 10.4 Å². The van der Waals surface area contributed by atoms with Crippen LogP contribution < -0.4 is 37.2 Å². The van der Waals surface area contributed by atoms with Crippen LogP contribution in [0.25, 0.3) is 21.3 Å². The molecule has 3 aliphatic rings. The number of carbonyl (C=O) groups is 9. The van der Waals surface area contributed by atoms with Crippen molar-refractivity contribution in [2.45, 2.75) is 135 Å². The lowest BCUT2D eigenvalue weighted by atomic mass is 9.85. The number of benzene rings is 4. The van der Waals surface area contributed by atoms with Gasteiger partial charge in [-0.3, -0.25) is 52.6 Å². The predicted molar refractivity (Wildman–Crippen MR) is 319 cm³/mol. The quantitative estimate of drug-likeness (QED) is 0.0428. The first-order chi connectivity index (χ1) is 40.8. The number of H-pyrrole nitrogens is 1. The topological polar surface area (TPSA) is 353 Å². The number of aliphatic hydroxyl groups is 1. The third-order valence-electron chi connectivity index (χ3n) is 15.8. The summed E-state index contributed by atoms with van der Waals surface area (Å²) in [7, 11) is -5.07. The van der Waals surface area contributed by atoms with E-state index in [1.807, 2.05) is 76.2 Å². The summed E-state index contributed by atoms with van der Waals surface area (Å²) in [5.74, 6) is -4.47. The molecule has 0 radical (unpaired) electrons. The Morgan fingerprint density at radius 3 is 2.21 bits per heavy atom. The summed E-state index contributed by atoms with van der Waals surface area (Å²) in [6.07, 6.45) is 0.403. The number of likely N-dealkylation sites (tertiary alicyclic amines) is 1. The molecule has 23 nitrogen and oxygen atoms in total. The fraction of sp³-hybridized carbons (Fsp3) is 0.377. The van der Waals surface area contributed by atoms with Crippen molar-refractivity contribution in [1.82, 2.24) is 41.5 Å². The standard InChI is InChI=1S/C61H69N10O13PS/c1-33-52(86-32-65-33)38-17-15-36(16-18-38)30-64-56(77)47-28-42(72)31-70(47)59(80)53(61(2,3)4)69-50(74)10-5-7-34-11-13-35(14-12-34)29-63-54(75)44(23-24-49(62)73)67-57(78)48-27-39-9-6-8-37-19-22-45(58(79)71(48)51(37)39)68-55(76)46-26-41-25-40(20-21-43(41)66-46)60(81)85(82,83)84/h6,8-9,11-18,20-21,25-26,32,42,44-45,47-48,53,66,72H,5,7,10,19,22-24,27-31H2,1-4H3,(H2,62,73)(H,63,75)(H,64,77)(H,67,78)(H,68,76)(H,69,74)(H2,82,83,84)/t42-,44+,45+,47+,48+,53-/m1/s1. The molecule has 1 saturated heterocycles. The summed E-state index contributed by atoms with van der Waals surface area (Å²) in [6.45, 7) is 7.62. The molecule has 1 fully saturated rings. The number of nitrogens with one attached hydrogen (secondary N) is 6. The molecule has 0 saturated carbocycles. The SMILES string of the molecule is Cc1ncsc1-c1ccc(CNC(=O)[C@@H]2C[C@@H](O)CN2C(=O)[C@@H](NC(=O)CCCc2ccc(CNC(=O)[C@H](CCC(N)=O)NC(=O)[C@@H]3Cc4cccc5c4N3C(=O)[C@@H](NC(=O)c3cc4cc(C(=O)P(=O)(O)O)ccc4[nH]3)CC5)cc2)C(C)(C)C)cc1. The maximum Gasteiger partial charge on any atom is 0.396 e. The Labute approximate surface area is 499 Å². The van der Waals surface area contributed by atoms with E-state index in [4.69, 9.17) is 5.73 Å². The molecule has 5 heterocycles.